The quantitative estimate of drug-likeness (QED) is 0.721. The molecule has 0 unspecified atom stereocenters. The standard InChI is InChI=1S/C16H13F2N3/c17-11-3-4-13(18)10(8-11)9-21-15-6-5-14(19)12-2-1-7-20-16(12)15/h1-8,21H,9,19H2. The molecule has 0 aliphatic carbocycles. The van der Waals surface area contributed by atoms with Gasteiger partial charge in [0, 0.05) is 29.4 Å². The Morgan fingerprint density at radius 2 is 1.95 bits per heavy atom. The van der Waals surface area contributed by atoms with Crippen LogP contribution in [0.15, 0.2) is 48.7 Å². The maximum atomic E-state index is 13.6. The average molecular weight is 285 g/mol. The van der Waals surface area contributed by atoms with Crippen LogP contribution in [0.4, 0.5) is 20.2 Å². The highest BCUT2D eigenvalue weighted by Crippen LogP contribution is 2.26. The molecule has 0 aliphatic heterocycles. The number of anilines is 2. The van der Waals surface area contributed by atoms with Gasteiger partial charge in [0.1, 0.15) is 11.6 Å². The van der Waals surface area contributed by atoms with Crippen molar-refractivity contribution in [1.82, 2.24) is 4.98 Å². The fraction of sp³-hybridized carbons (Fsp3) is 0.0625. The van der Waals surface area contributed by atoms with Gasteiger partial charge in [0.05, 0.1) is 11.2 Å². The molecule has 0 aliphatic rings. The van der Waals surface area contributed by atoms with Gasteiger partial charge >= 0.3 is 0 Å². The molecule has 0 spiro atoms. The predicted octanol–water partition coefficient (Wildman–Crippen LogP) is 3.71. The number of hydrogen-bond acceptors (Lipinski definition) is 3. The van der Waals surface area contributed by atoms with E-state index in [0.29, 0.717) is 11.2 Å². The molecule has 1 heterocycles. The van der Waals surface area contributed by atoms with E-state index in [4.69, 9.17) is 5.73 Å². The van der Waals surface area contributed by atoms with Crippen LogP contribution < -0.4 is 11.1 Å². The first-order valence-electron chi connectivity index (χ1n) is 6.46. The maximum Gasteiger partial charge on any atom is 0.128 e. The van der Waals surface area contributed by atoms with Crippen molar-refractivity contribution in [3.63, 3.8) is 0 Å². The van der Waals surface area contributed by atoms with Gasteiger partial charge in [0.15, 0.2) is 0 Å². The molecule has 0 saturated heterocycles. The Bertz CT molecular complexity index is 803. The van der Waals surface area contributed by atoms with Crippen LogP contribution in [-0.2, 0) is 6.54 Å². The third-order valence-corrected chi connectivity index (χ3v) is 3.28. The lowest BCUT2D eigenvalue weighted by atomic mass is 10.1. The Morgan fingerprint density at radius 1 is 1.10 bits per heavy atom. The Kier molecular flexibility index (Phi) is 3.39. The summed E-state index contributed by atoms with van der Waals surface area (Å²) in [6.45, 7) is 0.166. The first-order chi connectivity index (χ1) is 10.1. The van der Waals surface area contributed by atoms with Crippen LogP contribution in [-0.4, -0.2) is 4.98 Å². The zero-order valence-corrected chi connectivity index (χ0v) is 11.1. The highest BCUT2D eigenvalue weighted by Gasteiger charge is 2.07. The molecule has 3 rings (SSSR count). The number of hydrogen-bond donors (Lipinski definition) is 2. The van der Waals surface area contributed by atoms with Gasteiger partial charge in [-0.1, -0.05) is 0 Å². The predicted molar refractivity (Wildman–Crippen MR) is 79.8 cm³/mol. The molecular weight excluding hydrogens is 272 g/mol. The first kappa shape index (κ1) is 13.3. The number of nitrogen functional groups attached to an aromatic ring is 1. The average Bonchev–Trinajstić information content (AvgIpc) is 2.50. The lowest BCUT2D eigenvalue weighted by molar-refractivity contribution is 0.587. The summed E-state index contributed by atoms with van der Waals surface area (Å²) in [7, 11) is 0. The Morgan fingerprint density at radius 3 is 2.81 bits per heavy atom. The summed E-state index contributed by atoms with van der Waals surface area (Å²) in [5.41, 5.74) is 8.21. The number of rotatable bonds is 3. The van der Waals surface area contributed by atoms with Gasteiger partial charge in [0.2, 0.25) is 0 Å². The Hall–Kier alpha value is -2.69. The van der Waals surface area contributed by atoms with Crippen LogP contribution in [0.25, 0.3) is 10.9 Å². The summed E-state index contributed by atoms with van der Waals surface area (Å²) in [4.78, 5) is 4.28. The summed E-state index contributed by atoms with van der Waals surface area (Å²) in [5.74, 6) is -0.912. The summed E-state index contributed by atoms with van der Waals surface area (Å²) >= 11 is 0. The third kappa shape index (κ3) is 2.63. The van der Waals surface area contributed by atoms with Crippen LogP contribution in [0.2, 0.25) is 0 Å². The fourth-order valence-corrected chi connectivity index (χ4v) is 2.21. The van der Waals surface area contributed by atoms with E-state index >= 15 is 0 Å². The molecule has 3 aromatic rings. The molecule has 2 aromatic carbocycles. The van der Waals surface area contributed by atoms with E-state index in [1.165, 1.54) is 6.07 Å². The maximum absolute atomic E-state index is 13.6. The number of benzene rings is 2. The molecule has 0 saturated carbocycles. The SMILES string of the molecule is Nc1ccc(NCc2cc(F)ccc2F)c2ncccc12. The van der Waals surface area contributed by atoms with E-state index in [1.54, 1.807) is 24.4 Å². The van der Waals surface area contributed by atoms with Gasteiger partial charge in [-0.15, -0.1) is 0 Å². The smallest absolute Gasteiger partial charge is 0.128 e. The number of aromatic nitrogens is 1. The monoisotopic (exact) mass is 285 g/mol. The summed E-state index contributed by atoms with van der Waals surface area (Å²) in [6, 6.07) is 10.6. The number of nitrogens with one attached hydrogen (secondary N) is 1. The summed E-state index contributed by atoms with van der Waals surface area (Å²) < 4.78 is 26.8. The van der Waals surface area contributed by atoms with Crippen LogP contribution in [0, 0.1) is 11.6 Å². The molecule has 1 aromatic heterocycles. The van der Waals surface area contributed by atoms with E-state index in [1.807, 2.05) is 6.07 Å². The Balaban J connectivity index is 1.92. The number of nitrogens with two attached hydrogens (primary N) is 1. The molecule has 106 valence electrons. The van der Waals surface area contributed by atoms with Crippen LogP contribution in [0.1, 0.15) is 5.56 Å². The normalized spacial score (nSPS) is 10.8. The van der Waals surface area contributed by atoms with Gasteiger partial charge in [-0.25, -0.2) is 8.78 Å². The van der Waals surface area contributed by atoms with Crippen molar-refractivity contribution >= 4 is 22.3 Å². The van der Waals surface area contributed by atoms with E-state index in [9.17, 15) is 8.78 Å². The summed E-state index contributed by atoms with van der Waals surface area (Å²) in [5, 5.41) is 3.90. The highest BCUT2D eigenvalue weighted by molar-refractivity contribution is 5.98. The lowest BCUT2D eigenvalue weighted by Crippen LogP contribution is -2.04. The van der Waals surface area contributed by atoms with E-state index in [-0.39, 0.29) is 12.1 Å². The minimum absolute atomic E-state index is 0.166. The molecule has 0 fully saturated rings. The molecule has 21 heavy (non-hydrogen) atoms. The van der Waals surface area contributed by atoms with E-state index < -0.39 is 11.6 Å². The van der Waals surface area contributed by atoms with Crippen molar-refractivity contribution in [2.24, 2.45) is 0 Å². The minimum atomic E-state index is -0.464. The second-order valence-electron chi connectivity index (χ2n) is 4.69. The Labute approximate surface area is 120 Å². The lowest BCUT2D eigenvalue weighted by Gasteiger charge is -2.11. The summed E-state index contributed by atoms with van der Waals surface area (Å²) in [6.07, 6.45) is 1.66. The van der Waals surface area contributed by atoms with Crippen molar-refractivity contribution in [2.75, 3.05) is 11.1 Å². The van der Waals surface area contributed by atoms with Crippen molar-refractivity contribution in [3.05, 3.63) is 65.9 Å². The van der Waals surface area contributed by atoms with Gasteiger partial charge in [-0.05, 0) is 42.5 Å². The van der Waals surface area contributed by atoms with Gasteiger partial charge < -0.3 is 11.1 Å². The number of fused-ring (bicyclic) bond motifs is 1. The van der Waals surface area contributed by atoms with Crippen LogP contribution in [0.3, 0.4) is 0 Å². The highest BCUT2D eigenvalue weighted by atomic mass is 19.1. The molecule has 0 bridgehead atoms. The number of nitrogens with zero attached hydrogens (tertiary/aromatic N) is 1. The largest absolute Gasteiger partial charge is 0.398 e. The molecule has 0 atom stereocenters. The molecular formula is C16H13F2N3. The molecule has 0 radical (unpaired) electrons. The molecule has 3 nitrogen and oxygen atoms in total. The first-order valence-corrected chi connectivity index (χ1v) is 6.46. The molecule has 0 amide bonds. The van der Waals surface area contributed by atoms with E-state index in [0.717, 1.165) is 23.2 Å². The van der Waals surface area contributed by atoms with Gasteiger partial charge in [0.25, 0.3) is 0 Å². The van der Waals surface area contributed by atoms with Gasteiger partial charge in [-0.3, -0.25) is 4.98 Å². The van der Waals surface area contributed by atoms with Crippen molar-refractivity contribution in [3.8, 4) is 0 Å². The second kappa shape index (κ2) is 5.36. The van der Waals surface area contributed by atoms with Gasteiger partial charge in [-0.2, -0.15) is 0 Å². The van der Waals surface area contributed by atoms with Crippen molar-refractivity contribution < 1.29 is 8.78 Å². The zero-order chi connectivity index (χ0) is 14.8. The van der Waals surface area contributed by atoms with Crippen LogP contribution in [0.5, 0.6) is 0 Å². The number of halogens is 2. The number of pyridine rings is 1. The minimum Gasteiger partial charge on any atom is -0.398 e. The zero-order valence-electron chi connectivity index (χ0n) is 11.1. The fourth-order valence-electron chi connectivity index (χ4n) is 2.21. The molecule has 5 heteroatoms. The van der Waals surface area contributed by atoms with E-state index in [2.05, 4.69) is 10.3 Å². The van der Waals surface area contributed by atoms with Crippen molar-refractivity contribution in [2.45, 2.75) is 6.54 Å². The third-order valence-electron chi connectivity index (χ3n) is 3.28. The van der Waals surface area contributed by atoms with Crippen molar-refractivity contribution in [1.29, 1.82) is 0 Å². The van der Waals surface area contributed by atoms with Crippen LogP contribution >= 0.6 is 0 Å². The topological polar surface area (TPSA) is 50.9 Å². The molecule has 3 N–H and O–H groups in total. The second-order valence-corrected chi connectivity index (χ2v) is 4.69.